The highest BCUT2D eigenvalue weighted by atomic mass is 35.5. The van der Waals surface area contributed by atoms with E-state index < -0.39 is 6.04 Å². The van der Waals surface area contributed by atoms with E-state index in [1.807, 2.05) is 13.8 Å². The largest absolute Gasteiger partial charge is 0.357 e. The zero-order chi connectivity index (χ0) is 14.4. The highest BCUT2D eigenvalue weighted by Gasteiger charge is 2.14. The quantitative estimate of drug-likeness (QED) is 0.726. The first-order chi connectivity index (χ1) is 8.92. The van der Waals surface area contributed by atoms with Crippen LogP contribution in [0.15, 0.2) is 0 Å². The van der Waals surface area contributed by atoms with Crippen molar-refractivity contribution in [2.24, 2.45) is 5.92 Å². The molecule has 106 valence electrons. The summed E-state index contributed by atoms with van der Waals surface area (Å²) >= 11 is 5.75. The van der Waals surface area contributed by atoms with Gasteiger partial charge in [-0.05, 0) is 24.4 Å². The smallest absolute Gasteiger partial charge is 0.242 e. The van der Waals surface area contributed by atoms with Gasteiger partial charge in [0.2, 0.25) is 23.1 Å². The van der Waals surface area contributed by atoms with E-state index in [1.54, 1.807) is 14.0 Å². The minimum absolute atomic E-state index is 0.0663. The van der Waals surface area contributed by atoms with E-state index in [0.717, 1.165) is 0 Å². The summed E-state index contributed by atoms with van der Waals surface area (Å²) in [4.78, 5) is 23.6. The van der Waals surface area contributed by atoms with Crippen LogP contribution >= 0.6 is 11.6 Å². The molecule has 1 unspecified atom stereocenters. The zero-order valence-electron chi connectivity index (χ0n) is 11.5. The average Bonchev–Trinajstić information content (AvgIpc) is 2.34. The molecule has 7 nitrogen and oxygen atoms in total. The van der Waals surface area contributed by atoms with Gasteiger partial charge in [0, 0.05) is 13.6 Å². The van der Waals surface area contributed by atoms with Crippen molar-refractivity contribution in [1.82, 2.24) is 20.3 Å². The van der Waals surface area contributed by atoms with Gasteiger partial charge in [-0.25, -0.2) is 0 Å². The molecule has 0 bridgehead atoms. The van der Waals surface area contributed by atoms with E-state index >= 15 is 0 Å². The van der Waals surface area contributed by atoms with Crippen molar-refractivity contribution < 1.29 is 4.79 Å². The van der Waals surface area contributed by atoms with Crippen LogP contribution in [0.25, 0.3) is 0 Å². The lowest BCUT2D eigenvalue weighted by molar-refractivity contribution is -0.121. The van der Waals surface area contributed by atoms with Gasteiger partial charge in [-0.1, -0.05) is 13.8 Å². The van der Waals surface area contributed by atoms with Crippen LogP contribution in [-0.4, -0.2) is 40.5 Å². The molecule has 1 rings (SSSR count). The maximum atomic E-state index is 11.8. The standard InChI is InChI=1S/C11H19ClN6O/c1-6(2)5-14-8(19)7(3)15-11-17-9(12)16-10(13-4)18-11/h6-7H,5H2,1-4H3,(H,14,19)(H2,13,15,16,17,18). The van der Waals surface area contributed by atoms with Crippen molar-refractivity contribution in [2.75, 3.05) is 24.2 Å². The summed E-state index contributed by atoms with van der Waals surface area (Å²) < 4.78 is 0. The van der Waals surface area contributed by atoms with E-state index in [2.05, 4.69) is 30.9 Å². The first-order valence-electron chi connectivity index (χ1n) is 6.06. The molecule has 1 heterocycles. The maximum Gasteiger partial charge on any atom is 0.242 e. The Hall–Kier alpha value is -1.63. The fraction of sp³-hybridized carbons (Fsp3) is 0.636. The van der Waals surface area contributed by atoms with Crippen LogP contribution in [0.5, 0.6) is 0 Å². The molecular formula is C11H19ClN6O. The van der Waals surface area contributed by atoms with Gasteiger partial charge in [-0.3, -0.25) is 4.79 Å². The Morgan fingerprint density at radius 2 is 1.84 bits per heavy atom. The topological polar surface area (TPSA) is 91.8 Å². The summed E-state index contributed by atoms with van der Waals surface area (Å²) in [5.41, 5.74) is 0. The first-order valence-corrected chi connectivity index (χ1v) is 6.43. The van der Waals surface area contributed by atoms with Crippen molar-refractivity contribution in [1.29, 1.82) is 0 Å². The molecule has 1 aromatic rings. The van der Waals surface area contributed by atoms with Gasteiger partial charge in [0.05, 0.1) is 0 Å². The SMILES string of the molecule is CNc1nc(Cl)nc(NC(C)C(=O)NCC(C)C)n1. The molecule has 0 saturated carbocycles. The minimum Gasteiger partial charge on any atom is -0.357 e. The predicted octanol–water partition coefficient (Wildman–Crippen LogP) is 1.14. The lowest BCUT2D eigenvalue weighted by Gasteiger charge is -2.15. The van der Waals surface area contributed by atoms with Gasteiger partial charge in [-0.15, -0.1) is 0 Å². The second-order valence-electron chi connectivity index (χ2n) is 4.51. The Morgan fingerprint density at radius 3 is 2.42 bits per heavy atom. The molecule has 3 N–H and O–H groups in total. The normalized spacial score (nSPS) is 12.1. The second kappa shape index (κ2) is 7.08. The highest BCUT2D eigenvalue weighted by molar-refractivity contribution is 6.28. The summed E-state index contributed by atoms with van der Waals surface area (Å²) in [5, 5.41) is 8.54. The van der Waals surface area contributed by atoms with Crippen LogP contribution in [-0.2, 0) is 4.79 Å². The third-order valence-corrected chi connectivity index (χ3v) is 2.42. The van der Waals surface area contributed by atoms with Gasteiger partial charge in [0.25, 0.3) is 0 Å². The van der Waals surface area contributed by atoms with Crippen LogP contribution in [0.2, 0.25) is 5.28 Å². The molecule has 0 aliphatic rings. The summed E-state index contributed by atoms with van der Waals surface area (Å²) in [6.45, 7) is 6.42. The summed E-state index contributed by atoms with van der Waals surface area (Å²) in [6.07, 6.45) is 0. The number of carbonyl (C=O) groups excluding carboxylic acids is 1. The Labute approximate surface area is 117 Å². The fourth-order valence-corrected chi connectivity index (χ4v) is 1.40. The van der Waals surface area contributed by atoms with Crippen LogP contribution in [0.4, 0.5) is 11.9 Å². The monoisotopic (exact) mass is 286 g/mol. The highest BCUT2D eigenvalue weighted by Crippen LogP contribution is 2.09. The lowest BCUT2D eigenvalue weighted by Crippen LogP contribution is -2.39. The molecule has 0 radical (unpaired) electrons. The summed E-state index contributed by atoms with van der Waals surface area (Å²) in [7, 11) is 1.67. The molecule has 1 amide bonds. The number of hydrogen-bond acceptors (Lipinski definition) is 6. The molecule has 1 atom stereocenters. The lowest BCUT2D eigenvalue weighted by atomic mass is 10.2. The average molecular weight is 287 g/mol. The molecule has 1 aromatic heterocycles. The van der Waals surface area contributed by atoms with Gasteiger partial charge in [-0.2, -0.15) is 15.0 Å². The molecule has 19 heavy (non-hydrogen) atoms. The number of nitrogens with zero attached hydrogens (tertiary/aromatic N) is 3. The van der Waals surface area contributed by atoms with Crippen molar-refractivity contribution >= 4 is 29.4 Å². The molecule has 0 fully saturated rings. The molecule has 0 aliphatic heterocycles. The Bertz CT molecular complexity index is 439. The molecule has 0 aliphatic carbocycles. The number of carbonyl (C=O) groups is 1. The predicted molar refractivity (Wildman–Crippen MR) is 75.3 cm³/mol. The van der Waals surface area contributed by atoms with Crippen molar-refractivity contribution in [3.05, 3.63) is 5.28 Å². The van der Waals surface area contributed by atoms with E-state index in [0.29, 0.717) is 18.4 Å². The van der Waals surface area contributed by atoms with Crippen LogP contribution in [0, 0.1) is 5.92 Å². The van der Waals surface area contributed by atoms with Crippen LogP contribution < -0.4 is 16.0 Å². The van der Waals surface area contributed by atoms with Crippen molar-refractivity contribution in [3.63, 3.8) is 0 Å². The second-order valence-corrected chi connectivity index (χ2v) is 4.84. The first kappa shape index (κ1) is 15.4. The number of halogens is 1. The van der Waals surface area contributed by atoms with E-state index in [4.69, 9.17) is 11.6 Å². The van der Waals surface area contributed by atoms with E-state index in [-0.39, 0.29) is 17.1 Å². The number of rotatable bonds is 6. The molecule has 0 spiro atoms. The molecule has 8 heteroatoms. The number of aromatic nitrogens is 3. The summed E-state index contributed by atoms with van der Waals surface area (Å²) in [6, 6.07) is -0.457. The van der Waals surface area contributed by atoms with Crippen LogP contribution in [0.3, 0.4) is 0 Å². The number of hydrogen-bond donors (Lipinski definition) is 3. The Morgan fingerprint density at radius 1 is 1.21 bits per heavy atom. The minimum atomic E-state index is -0.457. The van der Waals surface area contributed by atoms with Crippen molar-refractivity contribution in [3.8, 4) is 0 Å². The summed E-state index contributed by atoms with van der Waals surface area (Å²) in [5.74, 6) is 0.892. The molecule has 0 aromatic carbocycles. The number of amides is 1. The molecular weight excluding hydrogens is 268 g/mol. The molecule has 0 saturated heterocycles. The van der Waals surface area contributed by atoms with Gasteiger partial charge < -0.3 is 16.0 Å². The van der Waals surface area contributed by atoms with Gasteiger partial charge in [0.1, 0.15) is 6.04 Å². The number of nitrogens with one attached hydrogen (secondary N) is 3. The zero-order valence-corrected chi connectivity index (χ0v) is 12.2. The third-order valence-electron chi connectivity index (χ3n) is 2.26. The van der Waals surface area contributed by atoms with Gasteiger partial charge >= 0.3 is 0 Å². The van der Waals surface area contributed by atoms with E-state index in [9.17, 15) is 4.79 Å². The van der Waals surface area contributed by atoms with Crippen LogP contribution in [0.1, 0.15) is 20.8 Å². The Balaban J connectivity index is 2.63. The van der Waals surface area contributed by atoms with Gasteiger partial charge in [0.15, 0.2) is 0 Å². The van der Waals surface area contributed by atoms with Crippen molar-refractivity contribution in [2.45, 2.75) is 26.8 Å². The fourth-order valence-electron chi connectivity index (χ4n) is 1.24. The number of anilines is 2. The van der Waals surface area contributed by atoms with E-state index in [1.165, 1.54) is 0 Å². The third kappa shape index (κ3) is 5.25. The maximum absolute atomic E-state index is 11.8. The Kier molecular flexibility index (Phi) is 5.75.